The molecule has 1 aromatic heterocycles. The molecule has 0 aliphatic rings. The van der Waals surface area contributed by atoms with Crippen molar-refractivity contribution in [2.45, 2.75) is 39.0 Å². The molecule has 96 valence electrons. The van der Waals surface area contributed by atoms with Crippen LogP contribution in [0.15, 0.2) is 30.5 Å². The summed E-state index contributed by atoms with van der Waals surface area (Å²) in [5, 5.41) is 8.04. The summed E-state index contributed by atoms with van der Waals surface area (Å²) in [6.45, 7) is 6.71. The van der Waals surface area contributed by atoms with E-state index in [9.17, 15) is 0 Å². The highest BCUT2D eigenvalue weighted by atomic mass is 15.4. The first kappa shape index (κ1) is 12.8. The first-order chi connectivity index (χ1) is 8.45. The van der Waals surface area contributed by atoms with Crippen molar-refractivity contribution in [1.29, 1.82) is 0 Å². The second-order valence-corrected chi connectivity index (χ2v) is 5.83. The van der Waals surface area contributed by atoms with Gasteiger partial charge >= 0.3 is 0 Å². The number of aryl methyl sites for hydroxylation is 3. The highest BCUT2D eigenvalue weighted by Crippen LogP contribution is 2.22. The van der Waals surface area contributed by atoms with E-state index in [0.717, 1.165) is 18.5 Å². The predicted molar refractivity (Wildman–Crippen MR) is 73.6 cm³/mol. The fourth-order valence-corrected chi connectivity index (χ4v) is 1.95. The molecule has 0 amide bonds. The van der Waals surface area contributed by atoms with Crippen LogP contribution in [-0.2, 0) is 25.3 Å². The smallest absolute Gasteiger partial charge is 0.0830 e. The number of aromatic nitrogens is 3. The number of benzene rings is 1. The third-order valence-corrected chi connectivity index (χ3v) is 3.14. The van der Waals surface area contributed by atoms with Crippen LogP contribution in [0.1, 0.15) is 37.6 Å². The highest BCUT2D eigenvalue weighted by Gasteiger charge is 2.12. The van der Waals surface area contributed by atoms with Crippen LogP contribution in [0.2, 0.25) is 0 Å². The zero-order valence-electron chi connectivity index (χ0n) is 11.6. The Hall–Kier alpha value is -1.64. The van der Waals surface area contributed by atoms with Crippen molar-refractivity contribution >= 4 is 0 Å². The number of nitrogens with zero attached hydrogens (tertiary/aromatic N) is 3. The van der Waals surface area contributed by atoms with Crippen molar-refractivity contribution in [3.8, 4) is 0 Å². The maximum Gasteiger partial charge on any atom is 0.0830 e. The third-order valence-electron chi connectivity index (χ3n) is 3.14. The van der Waals surface area contributed by atoms with Gasteiger partial charge in [0, 0.05) is 13.2 Å². The van der Waals surface area contributed by atoms with E-state index in [1.54, 1.807) is 4.68 Å². The van der Waals surface area contributed by atoms with E-state index in [4.69, 9.17) is 0 Å². The van der Waals surface area contributed by atoms with Crippen LogP contribution >= 0.6 is 0 Å². The number of hydrogen-bond donors (Lipinski definition) is 0. The summed E-state index contributed by atoms with van der Waals surface area (Å²) in [6.07, 6.45) is 3.94. The molecule has 0 saturated heterocycles. The van der Waals surface area contributed by atoms with Gasteiger partial charge in [-0.1, -0.05) is 50.3 Å². The molecule has 1 aromatic carbocycles. The Morgan fingerprint density at radius 2 is 1.72 bits per heavy atom. The lowest BCUT2D eigenvalue weighted by molar-refractivity contribution is 0.590. The van der Waals surface area contributed by atoms with E-state index in [-0.39, 0.29) is 5.41 Å². The standard InChI is InChI=1S/C15H21N3/c1-15(2,3)13-8-5-12(6-9-13)7-10-14-11-18(4)17-16-14/h5-6,8-9,11H,7,10H2,1-4H3. The number of rotatable bonds is 3. The largest absolute Gasteiger partial charge is 0.255 e. The van der Waals surface area contributed by atoms with Crippen molar-refractivity contribution in [2.75, 3.05) is 0 Å². The summed E-state index contributed by atoms with van der Waals surface area (Å²) in [5.74, 6) is 0. The normalized spacial score (nSPS) is 11.8. The summed E-state index contributed by atoms with van der Waals surface area (Å²) < 4.78 is 1.75. The lowest BCUT2D eigenvalue weighted by Crippen LogP contribution is -2.10. The fraction of sp³-hybridized carbons (Fsp3) is 0.467. The summed E-state index contributed by atoms with van der Waals surface area (Å²) in [4.78, 5) is 0. The average molecular weight is 243 g/mol. The van der Waals surface area contributed by atoms with Crippen LogP contribution in [-0.4, -0.2) is 15.0 Å². The minimum atomic E-state index is 0.226. The van der Waals surface area contributed by atoms with Crippen molar-refractivity contribution < 1.29 is 0 Å². The molecule has 18 heavy (non-hydrogen) atoms. The predicted octanol–water partition coefficient (Wildman–Crippen LogP) is 2.90. The van der Waals surface area contributed by atoms with Gasteiger partial charge in [-0.2, -0.15) is 0 Å². The van der Waals surface area contributed by atoms with Gasteiger partial charge in [0.1, 0.15) is 0 Å². The van der Waals surface area contributed by atoms with E-state index in [1.165, 1.54) is 11.1 Å². The van der Waals surface area contributed by atoms with Gasteiger partial charge in [-0.05, 0) is 29.4 Å². The molecule has 2 aromatic rings. The quantitative estimate of drug-likeness (QED) is 0.830. The van der Waals surface area contributed by atoms with Crippen molar-refractivity contribution in [3.05, 3.63) is 47.3 Å². The molecule has 2 rings (SSSR count). The molecule has 3 heteroatoms. The Labute approximate surface area is 109 Å². The molecular weight excluding hydrogens is 222 g/mol. The molecule has 0 fully saturated rings. The first-order valence-electron chi connectivity index (χ1n) is 6.40. The molecule has 0 bridgehead atoms. The Morgan fingerprint density at radius 3 is 2.22 bits per heavy atom. The van der Waals surface area contributed by atoms with Crippen molar-refractivity contribution in [1.82, 2.24) is 15.0 Å². The summed E-state index contributed by atoms with van der Waals surface area (Å²) in [6, 6.07) is 8.89. The summed E-state index contributed by atoms with van der Waals surface area (Å²) >= 11 is 0. The molecule has 1 heterocycles. The minimum Gasteiger partial charge on any atom is -0.255 e. The maximum absolute atomic E-state index is 4.10. The monoisotopic (exact) mass is 243 g/mol. The lowest BCUT2D eigenvalue weighted by Gasteiger charge is -2.19. The van der Waals surface area contributed by atoms with Gasteiger partial charge in [-0.25, -0.2) is 0 Å². The minimum absolute atomic E-state index is 0.226. The van der Waals surface area contributed by atoms with Crippen LogP contribution in [0.5, 0.6) is 0 Å². The maximum atomic E-state index is 4.10. The Morgan fingerprint density at radius 1 is 1.06 bits per heavy atom. The van der Waals surface area contributed by atoms with Crippen LogP contribution in [0, 0.1) is 0 Å². The van der Waals surface area contributed by atoms with Crippen LogP contribution in [0.4, 0.5) is 0 Å². The summed E-state index contributed by atoms with van der Waals surface area (Å²) in [7, 11) is 1.90. The molecular formula is C15H21N3. The molecule has 0 unspecified atom stereocenters. The van der Waals surface area contributed by atoms with E-state index in [0.29, 0.717) is 0 Å². The average Bonchev–Trinajstić information content (AvgIpc) is 2.72. The molecule has 0 aliphatic carbocycles. The zero-order valence-corrected chi connectivity index (χ0v) is 11.6. The topological polar surface area (TPSA) is 30.7 Å². The molecule has 0 N–H and O–H groups in total. The molecule has 0 spiro atoms. The van der Waals surface area contributed by atoms with Crippen LogP contribution in [0.3, 0.4) is 0 Å². The second-order valence-electron chi connectivity index (χ2n) is 5.83. The Balaban J connectivity index is 1.98. The fourth-order valence-electron chi connectivity index (χ4n) is 1.95. The highest BCUT2D eigenvalue weighted by molar-refractivity contribution is 5.27. The van der Waals surface area contributed by atoms with Gasteiger partial charge < -0.3 is 0 Å². The number of hydrogen-bond acceptors (Lipinski definition) is 2. The lowest BCUT2D eigenvalue weighted by atomic mass is 9.86. The molecule has 0 radical (unpaired) electrons. The molecule has 3 nitrogen and oxygen atoms in total. The van der Waals surface area contributed by atoms with E-state index >= 15 is 0 Å². The third kappa shape index (κ3) is 3.19. The Kier molecular flexibility index (Phi) is 3.50. The van der Waals surface area contributed by atoms with Gasteiger partial charge in [0.05, 0.1) is 5.69 Å². The summed E-state index contributed by atoms with van der Waals surface area (Å²) in [5.41, 5.74) is 4.01. The van der Waals surface area contributed by atoms with Gasteiger partial charge in [0.15, 0.2) is 0 Å². The zero-order chi connectivity index (χ0) is 13.2. The van der Waals surface area contributed by atoms with Crippen LogP contribution in [0.25, 0.3) is 0 Å². The van der Waals surface area contributed by atoms with E-state index in [2.05, 4.69) is 55.3 Å². The van der Waals surface area contributed by atoms with Crippen molar-refractivity contribution in [3.63, 3.8) is 0 Å². The van der Waals surface area contributed by atoms with E-state index < -0.39 is 0 Å². The SMILES string of the molecule is Cn1cc(CCc2ccc(C(C)(C)C)cc2)nn1. The van der Waals surface area contributed by atoms with Gasteiger partial charge in [0.25, 0.3) is 0 Å². The Bertz CT molecular complexity index is 503. The van der Waals surface area contributed by atoms with Crippen LogP contribution < -0.4 is 0 Å². The van der Waals surface area contributed by atoms with Crippen molar-refractivity contribution in [2.24, 2.45) is 7.05 Å². The first-order valence-corrected chi connectivity index (χ1v) is 6.40. The van der Waals surface area contributed by atoms with Gasteiger partial charge in [0.2, 0.25) is 0 Å². The molecule has 0 atom stereocenters. The van der Waals surface area contributed by atoms with Gasteiger partial charge in [-0.15, -0.1) is 5.10 Å². The molecule has 0 saturated carbocycles. The van der Waals surface area contributed by atoms with E-state index in [1.807, 2.05) is 13.2 Å². The molecule has 0 aliphatic heterocycles. The second kappa shape index (κ2) is 4.92. The van der Waals surface area contributed by atoms with Gasteiger partial charge in [-0.3, -0.25) is 4.68 Å².